The maximum absolute atomic E-state index is 12.2. The van der Waals surface area contributed by atoms with Crippen molar-refractivity contribution in [2.24, 2.45) is 4.99 Å². The van der Waals surface area contributed by atoms with E-state index in [1.807, 2.05) is 24.3 Å². The van der Waals surface area contributed by atoms with Crippen molar-refractivity contribution in [2.75, 3.05) is 6.54 Å². The van der Waals surface area contributed by atoms with E-state index >= 15 is 0 Å². The number of carbonyl (C=O) groups excluding carboxylic acids is 1. The van der Waals surface area contributed by atoms with Gasteiger partial charge in [-0.2, -0.15) is 0 Å². The highest BCUT2D eigenvalue weighted by atomic mass is 32.1. The first-order valence-corrected chi connectivity index (χ1v) is 9.40. The maximum atomic E-state index is 12.2. The second kappa shape index (κ2) is 7.85. The number of fused-ring (bicyclic) bond motifs is 1. The Morgan fingerprint density at radius 1 is 1.41 bits per heavy atom. The lowest BCUT2D eigenvalue weighted by atomic mass is 10.1. The topological polar surface area (TPSA) is 104 Å². The SMILES string of the molecule is CC(C(=O)NCCC(=O)O)n1c(O)c(/C=C2\C=Nc3ccccc32)sc1=S. The minimum Gasteiger partial charge on any atom is -0.493 e. The number of nitrogens with one attached hydrogen (secondary N) is 1. The average molecular weight is 403 g/mol. The van der Waals surface area contributed by atoms with Gasteiger partial charge >= 0.3 is 5.97 Å². The van der Waals surface area contributed by atoms with E-state index in [1.54, 1.807) is 19.2 Å². The predicted molar refractivity (Wildman–Crippen MR) is 107 cm³/mol. The van der Waals surface area contributed by atoms with E-state index in [-0.39, 0.29) is 18.8 Å². The van der Waals surface area contributed by atoms with Gasteiger partial charge in [-0.1, -0.05) is 18.2 Å². The molecule has 0 fully saturated rings. The van der Waals surface area contributed by atoms with E-state index in [4.69, 9.17) is 17.3 Å². The van der Waals surface area contributed by atoms with Crippen LogP contribution in [0.4, 0.5) is 5.69 Å². The number of allylic oxidation sites excluding steroid dienone is 1. The molecule has 3 rings (SSSR count). The molecule has 1 aliphatic rings. The van der Waals surface area contributed by atoms with Crippen molar-refractivity contribution in [3.8, 4) is 5.88 Å². The molecule has 0 saturated heterocycles. The number of aliphatic carboxylic acids is 1. The molecule has 0 bridgehead atoms. The minimum atomic E-state index is -0.995. The molecule has 0 aliphatic carbocycles. The van der Waals surface area contributed by atoms with E-state index in [0.29, 0.717) is 8.83 Å². The van der Waals surface area contributed by atoms with Crippen LogP contribution >= 0.6 is 23.6 Å². The Hall–Kier alpha value is -2.78. The average Bonchev–Trinajstić information content (AvgIpc) is 3.15. The van der Waals surface area contributed by atoms with Crippen molar-refractivity contribution >= 4 is 59.0 Å². The Morgan fingerprint density at radius 3 is 2.89 bits per heavy atom. The first kappa shape index (κ1) is 19.0. The number of hydrogen-bond acceptors (Lipinski definition) is 6. The molecule has 0 radical (unpaired) electrons. The smallest absolute Gasteiger partial charge is 0.305 e. The van der Waals surface area contributed by atoms with Crippen molar-refractivity contribution in [1.82, 2.24) is 9.88 Å². The van der Waals surface area contributed by atoms with Gasteiger partial charge in [0.2, 0.25) is 11.8 Å². The molecule has 0 spiro atoms. The summed E-state index contributed by atoms with van der Waals surface area (Å²) >= 11 is 6.51. The number of aromatic hydroxyl groups is 1. The molecule has 1 aliphatic heterocycles. The second-order valence-corrected chi connectivity index (χ2v) is 7.59. The molecule has 2 aromatic rings. The van der Waals surface area contributed by atoms with Gasteiger partial charge in [0.05, 0.1) is 17.0 Å². The summed E-state index contributed by atoms with van der Waals surface area (Å²) < 4.78 is 1.71. The summed E-state index contributed by atoms with van der Waals surface area (Å²) in [4.78, 5) is 27.7. The monoisotopic (exact) mass is 403 g/mol. The van der Waals surface area contributed by atoms with Crippen LogP contribution in [-0.2, 0) is 9.59 Å². The van der Waals surface area contributed by atoms with Crippen molar-refractivity contribution < 1.29 is 19.8 Å². The summed E-state index contributed by atoms with van der Waals surface area (Å²) in [5.41, 5.74) is 2.67. The quantitative estimate of drug-likeness (QED) is 0.642. The highest BCUT2D eigenvalue weighted by molar-refractivity contribution is 7.73. The predicted octanol–water partition coefficient (Wildman–Crippen LogP) is 3.39. The number of thiazole rings is 1. The Balaban J connectivity index is 1.85. The second-order valence-electron chi connectivity index (χ2n) is 5.91. The van der Waals surface area contributed by atoms with Crippen molar-refractivity contribution in [3.63, 3.8) is 0 Å². The normalized spacial score (nSPS) is 14.9. The van der Waals surface area contributed by atoms with Gasteiger partial charge in [0, 0.05) is 23.9 Å². The molecule has 1 aromatic carbocycles. The highest BCUT2D eigenvalue weighted by Gasteiger charge is 2.22. The largest absolute Gasteiger partial charge is 0.493 e. The van der Waals surface area contributed by atoms with Crippen LogP contribution in [-0.4, -0.2) is 39.4 Å². The number of carbonyl (C=O) groups is 2. The fourth-order valence-electron chi connectivity index (χ4n) is 2.68. The van der Waals surface area contributed by atoms with E-state index < -0.39 is 17.9 Å². The van der Waals surface area contributed by atoms with Crippen LogP contribution in [0.15, 0.2) is 29.3 Å². The number of hydrogen-bond donors (Lipinski definition) is 3. The lowest BCUT2D eigenvalue weighted by Gasteiger charge is -2.14. The fraction of sp³-hybridized carbons (Fsp3) is 0.222. The molecule has 9 heteroatoms. The van der Waals surface area contributed by atoms with Gasteiger partial charge in [-0.15, -0.1) is 11.3 Å². The first-order valence-electron chi connectivity index (χ1n) is 8.17. The molecule has 1 atom stereocenters. The van der Waals surface area contributed by atoms with Crippen LogP contribution < -0.4 is 5.32 Å². The highest BCUT2D eigenvalue weighted by Crippen LogP contribution is 2.36. The van der Waals surface area contributed by atoms with Crippen molar-refractivity contribution in [2.45, 2.75) is 19.4 Å². The van der Waals surface area contributed by atoms with E-state index in [9.17, 15) is 14.7 Å². The third-order valence-corrected chi connectivity index (χ3v) is 5.43. The number of rotatable bonds is 6. The maximum Gasteiger partial charge on any atom is 0.305 e. The van der Waals surface area contributed by atoms with Gasteiger partial charge in [0.25, 0.3) is 0 Å². The molecule has 140 valence electrons. The minimum absolute atomic E-state index is 0.0148. The summed E-state index contributed by atoms with van der Waals surface area (Å²) in [7, 11) is 0. The fourth-order valence-corrected chi connectivity index (χ4v) is 4.10. The van der Waals surface area contributed by atoms with Gasteiger partial charge < -0.3 is 15.5 Å². The molecule has 7 nitrogen and oxygen atoms in total. The third-order valence-electron chi connectivity index (χ3n) is 4.09. The zero-order valence-electron chi connectivity index (χ0n) is 14.4. The van der Waals surface area contributed by atoms with E-state index in [2.05, 4.69) is 10.3 Å². The van der Waals surface area contributed by atoms with Crippen LogP contribution in [0.1, 0.15) is 29.8 Å². The molecular weight excluding hydrogens is 386 g/mol. The van der Waals surface area contributed by atoms with Gasteiger partial charge in [-0.3, -0.25) is 19.1 Å². The molecular formula is C18H17N3O4S2. The summed E-state index contributed by atoms with van der Waals surface area (Å²) in [5, 5.41) is 21.8. The summed E-state index contributed by atoms with van der Waals surface area (Å²) in [5.74, 6) is -1.51. The van der Waals surface area contributed by atoms with E-state index in [1.165, 1.54) is 15.9 Å². The van der Waals surface area contributed by atoms with Crippen LogP contribution in [0.2, 0.25) is 0 Å². The lowest BCUT2D eigenvalue weighted by molar-refractivity contribution is -0.137. The zero-order chi connectivity index (χ0) is 19.6. The molecule has 1 aromatic heterocycles. The Labute approximate surface area is 164 Å². The van der Waals surface area contributed by atoms with Gasteiger partial charge in [-0.25, -0.2) is 0 Å². The lowest BCUT2D eigenvalue weighted by Crippen LogP contribution is -2.32. The Kier molecular flexibility index (Phi) is 5.52. The molecule has 3 N–H and O–H groups in total. The van der Waals surface area contributed by atoms with Crippen LogP contribution in [0.3, 0.4) is 0 Å². The van der Waals surface area contributed by atoms with Gasteiger partial charge in [0.15, 0.2) is 3.95 Å². The Morgan fingerprint density at radius 2 is 2.15 bits per heavy atom. The number of para-hydroxylation sites is 1. The number of aliphatic imine (C=N–C) groups is 1. The standard InChI is InChI=1S/C18H17N3O4S2/c1-10(16(24)19-7-6-15(22)23)21-17(25)14(27-18(21)26)8-11-9-20-13-5-3-2-4-12(11)13/h2-5,8-10,25H,6-7H2,1H3,(H,19,24)(H,22,23)/b11-8+. The van der Waals surface area contributed by atoms with Crippen LogP contribution in [0.5, 0.6) is 5.88 Å². The molecule has 2 heterocycles. The molecule has 0 saturated carbocycles. The van der Waals surface area contributed by atoms with Crippen molar-refractivity contribution in [3.05, 3.63) is 38.7 Å². The number of amides is 1. The molecule has 1 amide bonds. The molecule has 27 heavy (non-hydrogen) atoms. The van der Waals surface area contributed by atoms with Crippen LogP contribution in [0, 0.1) is 3.95 Å². The zero-order valence-corrected chi connectivity index (χ0v) is 16.0. The first-order chi connectivity index (χ1) is 12.9. The Bertz CT molecular complexity index is 1020. The van der Waals surface area contributed by atoms with Gasteiger partial charge in [-0.05, 0) is 31.3 Å². The molecule has 1 unspecified atom stereocenters. The number of benzene rings is 1. The summed E-state index contributed by atoms with van der Waals surface area (Å²) in [6.45, 7) is 1.61. The number of carboxylic acid groups (broad SMARTS) is 1. The third kappa shape index (κ3) is 3.99. The number of carboxylic acids is 1. The summed E-state index contributed by atoms with van der Waals surface area (Å²) in [6, 6.07) is 6.90. The number of nitrogens with zero attached hydrogens (tertiary/aromatic N) is 2. The van der Waals surface area contributed by atoms with Crippen LogP contribution in [0.25, 0.3) is 11.6 Å². The van der Waals surface area contributed by atoms with Crippen molar-refractivity contribution in [1.29, 1.82) is 0 Å². The van der Waals surface area contributed by atoms with E-state index in [0.717, 1.165) is 16.8 Å². The number of aromatic nitrogens is 1. The van der Waals surface area contributed by atoms with Gasteiger partial charge in [0.1, 0.15) is 6.04 Å². The summed E-state index contributed by atoms with van der Waals surface area (Å²) in [6.07, 6.45) is 3.34.